The average Bonchev–Trinajstić information content (AvgIpc) is 2.70. The average molecular weight is 395 g/mol. The molecule has 0 aliphatic heterocycles. The Labute approximate surface area is 162 Å². The van der Waals surface area contributed by atoms with Gasteiger partial charge in [0.05, 0.1) is 0 Å². The highest BCUT2D eigenvalue weighted by atomic mass is 32.2. The summed E-state index contributed by atoms with van der Waals surface area (Å²) in [6, 6.07) is 15.5. The third-order valence-corrected chi connectivity index (χ3v) is 5.17. The summed E-state index contributed by atoms with van der Waals surface area (Å²) in [5.41, 5.74) is 1.74. The van der Waals surface area contributed by atoms with E-state index >= 15 is 0 Å². The Morgan fingerprint density at radius 1 is 1.00 bits per heavy atom. The largest absolute Gasteiger partial charge is 0.379 e. The molecule has 0 saturated carbocycles. The van der Waals surface area contributed by atoms with Gasteiger partial charge in [-0.25, -0.2) is 0 Å². The van der Waals surface area contributed by atoms with Crippen molar-refractivity contribution in [1.82, 2.24) is 4.98 Å². The second kappa shape index (κ2) is 8.01. The molecular weight excluding hydrogens is 378 g/mol. The van der Waals surface area contributed by atoms with Gasteiger partial charge in [-0.3, -0.25) is 9.78 Å². The van der Waals surface area contributed by atoms with Gasteiger partial charge in [-0.1, -0.05) is 17.7 Å². The van der Waals surface area contributed by atoms with Crippen LogP contribution in [0.1, 0.15) is 21.5 Å². The molecule has 2 aromatic carbocycles. The molecule has 8 heteroatoms. The van der Waals surface area contributed by atoms with Crippen molar-refractivity contribution in [1.29, 1.82) is 0 Å². The van der Waals surface area contributed by atoms with E-state index in [0.29, 0.717) is 11.1 Å². The normalized spacial score (nSPS) is 11.8. The fourth-order valence-electron chi connectivity index (χ4n) is 2.45. The van der Waals surface area contributed by atoms with Crippen molar-refractivity contribution in [3.8, 4) is 5.75 Å². The Morgan fingerprint density at radius 3 is 2.25 bits per heavy atom. The van der Waals surface area contributed by atoms with Crippen LogP contribution in [0.2, 0.25) is 0 Å². The van der Waals surface area contributed by atoms with Crippen LogP contribution < -0.4 is 10.0 Å². The van der Waals surface area contributed by atoms with E-state index in [4.69, 9.17) is 10.0 Å². The first kappa shape index (κ1) is 19.2. The maximum Gasteiger partial charge on any atom is 0.339 e. The summed E-state index contributed by atoms with van der Waals surface area (Å²) in [7, 11) is -3.96. The SMILES string of the molecule is Cc1ccc(S(=O)(=O)Oc2ccc(/C(=N\N)C(=O)c3cccnc3)cc2)cc1. The van der Waals surface area contributed by atoms with Gasteiger partial charge < -0.3 is 10.0 Å². The van der Waals surface area contributed by atoms with Crippen LogP contribution in [0.25, 0.3) is 0 Å². The molecule has 0 unspecified atom stereocenters. The van der Waals surface area contributed by atoms with Gasteiger partial charge in [0.2, 0.25) is 5.78 Å². The van der Waals surface area contributed by atoms with Crippen molar-refractivity contribution in [2.24, 2.45) is 10.9 Å². The number of benzene rings is 2. The third-order valence-electron chi connectivity index (χ3n) is 3.91. The molecule has 2 N–H and O–H groups in total. The minimum absolute atomic E-state index is 0.0286. The highest BCUT2D eigenvalue weighted by Gasteiger charge is 2.19. The van der Waals surface area contributed by atoms with Crippen molar-refractivity contribution in [2.75, 3.05) is 0 Å². The molecule has 0 amide bonds. The lowest BCUT2D eigenvalue weighted by Crippen LogP contribution is -2.18. The molecule has 0 bridgehead atoms. The van der Waals surface area contributed by atoms with Crippen molar-refractivity contribution in [3.63, 3.8) is 0 Å². The Hall–Kier alpha value is -3.52. The number of carbonyl (C=O) groups is 1. The first-order valence-corrected chi connectivity index (χ1v) is 9.66. The first-order valence-electron chi connectivity index (χ1n) is 8.25. The van der Waals surface area contributed by atoms with E-state index in [1.165, 1.54) is 42.6 Å². The molecule has 0 aliphatic rings. The van der Waals surface area contributed by atoms with Crippen LogP contribution in [0, 0.1) is 6.92 Å². The van der Waals surface area contributed by atoms with E-state index in [1.54, 1.807) is 30.5 Å². The Bertz CT molecular complexity index is 1110. The molecule has 142 valence electrons. The zero-order valence-electron chi connectivity index (χ0n) is 14.9. The highest BCUT2D eigenvalue weighted by molar-refractivity contribution is 7.87. The highest BCUT2D eigenvalue weighted by Crippen LogP contribution is 2.20. The summed E-state index contributed by atoms with van der Waals surface area (Å²) in [6.45, 7) is 1.86. The second-order valence-corrected chi connectivity index (χ2v) is 7.47. The molecule has 0 aliphatic carbocycles. The summed E-state index contributed by atoms with van der Waals surface area (Å²) >= 11 is 0. The molecule has 1 heterocycles. The minimum Gasteiger partial charge on any atom is -0.379 e. The molecule has 0 fully saturated rings. The van der Waals surface area contributed by atoms with Crippen molar-refractivity contribution in [3.05, 3.63) is 89.7 Å². The van der Waals surface area contributed by atoms with Gasteiger partial charge in [0.15, 0.2) is 0 Å². The molecule has 0 atom stereocenters. The molecule has 28 heavy (non-hydrogen) atoms. The van der Waals surface area contributed by atoms with Gasteiger partial charge in [0, 0.05) is 23.5 Å². The number of ketones is 1. The Balaban J connectivity index is 1.81. The molecule has 0 radical (unpaired) electrons. The van der Waals surface area contributed by atoms with Gasteiger partial charge in [0.1, 0.15) is 16.4 Å². The van der Waals surface area contributed by atoms with Gasteiger partial charge in [-0.15, -0.1) is 0 Å². The fourth-order valence-corrected chi connectivity index (χ4v) is 3.38. The number of hydrogen-bond donors (Lipinski definition) is 1. The lowest BCUT2D eigenvalue weighted by Gasteiger charge is -2.09. The molecule has 3 aromatic rings. The minimum atomic E-state index is -3.96. The number of hydrazone groups is 1. The monoisotopic (exact) mass is 395 g/mol. The maximum atomic E-state index is 12.5. The summed E-state index contributed by atoms with van der Waals surface area (Å²) in [6.07, 6.45) is 2.97. The molecule has 0 saturated heterocycles. The topological polar surface area (TPSA) is 112 Å². The van der Waals surface area contributed by atoms with Crippen LogP contribution >= 0.6 is 0 Å². The van der Waals surface area contributed by atoms with E-state index < -0.39 is 15.9 Å². The zero-order valence-corrected chi connectivity index (χ0v) is 15.8. The van der Waals surface area contributed by atoms with Crippen LogP contribution in [0.4, 0.5) is 0 Å². The number of nitrogens with zero attached hydrogens (tertiary/aromatic N) is 2. The number of aryl methyl sites for hydroxylation is 1. The molecular formula is C20H17N3O4S. The molecule has 1 aromatic heterocycles. The van der Waals surface area contributed by atoms with E-state index in [1.807, 2.05) is 6.92 Å². The zero-order chi connectivity index (χ0) is 20.1. The van der Waals surface area contributed by atoms with E-state index in [9.17, 15) is 13.2 Å². The van der Waals surface area contributed by atoms with Crippen LogP contribution in [0.15, 0.2) is 83.1 Å². The first-order chi connectivity index (χ1) is 13.4. The number of rotatable bonds is 6. The van der Waals surface area contributed by atoms with Crippen LogP contribution in [0.5, 0.6) is 5.75 Å². The third kappa shape index (κ3) is 4.24. The van der Waals surface area contributed by atoms with E-state index in [0.717, 1.165) is 5.56 Å². The molecule has 7 nitrogen and oxygen atoms in total. The Morgan fingerprint density at radius 2 is 1.68 bits per heavy atom. The standard InChI is InChI=1S/C20H17N3O4S/c1-14-4-10-18(11-5-14)28(25,26)27-17-8-6-15(7-9-17)19(23-21)20(24)16-3-2-12-22-13-16/h2-13H,21H2,1H3/b23-19+. The number of Topliss-reactive ketones (excluding diaryl/α,β-unsaturated/α-hetero) is 1. The second-order valence-electron chi connectivity index (χ2n) is 5.92. The quantitative estimate of drug-likeness (QED) is 0.226. The number of nitrogens with two attached hydrogens (primary N) is 1. The Kier molecular flexibility index (Phi) is 5.51. The summed E-state index contributed by atoms with van der Waals surface area (Å²) in [5, 5.41) is 3.57. The predicted molar refractivity (Wildman–Crippen MR) is 105 cm³/mol. The number of aromatic nitrogens is 1. The lowest BCUT2D eigenvalue weighted by molar-refractivity contribution is 0.106. The van der Waals surface area contributed by atoms with Gasteiger partial charge in [0.25, 0.3) is 0 Å². The van der Waals surface area contributed by atoms with Crippen LogP contribution in [-0.4, -0.2) is 24.9 Å². The van der Waals surface area contributed by atoms with Gasteiger partial charge in [-0.2, -0.15) is 13.5 Å². The molecule has 3 rings (SSSR count). The van der Waals surface area contributed by atoms with Crippen molar-refractivity contribution < 1.29 is 17.4 Å². The van der Waals surface area contributed by atoms with Crippen molar-refractivity contribution in [2.45, 2.75) is 11.8 Å². The maximum absolute atomic E-state index is 12.5. The van der Waals surface area contributed by atoms with Crippen LogP contribution in [-0.2, 0) is 10.1 Å². The van der Waals surface area contributed by atoms with Gasteiger partial charge >= 0.3 is 10.1 Å². The predicted octanol–water partition coefficient (Wildman–Crippen LogP) is 2.70. The van der Waals surface area contributed by atoms with Crippen LogP contribution in [0.3, 0.4) is 0 Å². The summed E-state index contributed by atoms with van der Waals surface area (Å²) in [4.78, 5) is 16.5. The number of pyridine rings is 1. The van der Waals surface area contributed by atoms with Crippen molar-refractivity contribution >= 4 is 21.6 Å². The fraction of sp³-hybridized carbons (Fsp3) is 0.0500. The van der Waals surface area contributed by atoms with E-state index in [2.05, 4.69) is 10.1 Å². The number of carbonyl (C=O) groups excluding carboxylic acids is 1. The summed E-state index contributed by atoms with van der Waals surface area (Å²) < 4.78 is 29.9. The molecule has 0 spiro atoms. The lowest BCUT2D eigenvalue weighted by atomic mass is 10.0. The van der Waals surface area contributed by atoms with E-state index in [-0.39, 0.29) is 16.4 Å². The number of hydrogen-bond acceptors (Lipinski definition) is 7. The smallest absolute Gasteiger partial charge is 0.339 e. The summed E-state index contributed by atoms with van der Waals surface area (Å²) in [5.74, 6) is 5.10. The van der Waals surface area contributed by atoms with Gasteiger partial charge in [-0.05, 0) is 55.5 Å².